The molecule has 0 radical (unpaired) electrons. The zero-order valence-corrected chi connectivity index (χ0v) is 14.5. The number of hydrogen-bond donors (Lipinski definition) is 1. The number of aromatic amines is 1. The van der Waals surface area contributed by atoms with Crippen molar-refractivity contribution in [1.82, 2.24) is 14.9 Å². The number of nitrogens with one attached hydrogen (secondary N) is 1. The first kappa shape index (κ1) is 15.9. The van der Waals surface area contributed by atoms with E-state index >= 15 is 0 Å². The van der Waals surface area contributed by atoms with E-state index in [0.717, 1.165) is 25.1 Å². The van der Waals surface area contributed by atoms with Crippen LogP contribution in [-0.4, -0.2) is 14.9 Å². The Kier molecular flexibility index (Phi) is 4.56. The number of fused-ring (bicyclic) bond motifs is 1. The topological polar surface area (TPSA) is 31.9 Å². The highest BCUT2D eigenvalue weighted by molar-refractivity contribution is 5.69. The fourth-order valence-electron chi connectivity index (χ4n) is 3.40. The molecule has 122 valence electrons. The van der Waals surface area contributed by atoms with Crippen molar-refractivity contribution < 1.29 is 0 Å². The first-order valence-corrected chi connectivity index (χ1v) is 8.73. The summed E-state index contributed by atoms with van der Waals surface area (Å²) in [6.07, 6.45) is 14.2. The Labute approximate surface area is 139 Å². The predicted octanol–water partition coefficient (Wildman–Crippen LogP) is 4.96. The van der Waals surface area contributed by atoms with Crippen molar-refractivity contribution >= 4 is 5.57 Å². The molecule has 1 aromatic heterocycles. The van der Waals surface area contributed by atoms with E-state index in [9.17, 15) is 0 Å². The van der Waals surface area contributed by atoms with Crippen molar-refractivity contribution in [2.75, 3.05) is 0 Å². The quantitative estimate of drug-likeness (QED) is 0.852. The van der Waals surface area contributed by atoms with E-state index in [-0.39, 0.29) is 0 Å². The molecule has 1 aromatic rings. The van der Waals surface area contributed by atoms with Crippen LogP contribution < -0.4 is 0 Å². The molecule has 1 aliphatic carbocycles. The van der Waals surface area contributed by atoms with Gasteiger partial charge in [-0.1, -0.05) is 26.5 Å². The molecule has 1 unspecified atom stereocenters. The number of nitrogens with zero attached hydrogens (tertiary/aromatic N) is 2. The van der Waals surface area contributed by atoms with Crippen molar-refractivity contribution in [2.24, 2.45) is 5.92 Å². The van der Waals surface area contributed by atoms with E-state index in [1.807, 2.05) is 6.20 Å². The summed E-state index contributed by atoms with van der Waals surface area (Å²) < 4.78 is 0. The van der Waals surface area contributed by atoms with Crippen LogP contribution in [0.25, 0.3) is 5.57 Å². The Morgan fingerprint density at radius 1 is 1.39 bits per heavy atom. The summed E-state index contributed by atoms with van der Waals surface area (Å²) in [5, 5.41) is 0. The van der Waals surface area contributed by atoms with Gasteiger partial charge in [0, 0.05) is 23.7 Å². The van der Waals surface area contributed by atoms with Crippen LogP contribution in [0.15, 0.2) is 42.4 Å². The number of hydrogen-bond acceptors (Lipinski definition) is 2. The number of aryl methyl sites for hydroxylation is 2. The molecule has 3 rings (SSSR count). The van der Waals surface area contributed by atoms with Gasteiger partial charge in [-0.15, -0.1) is 0 Å². The minimum atomic E-state index is 0.441. The van der Waals surface area contributed by atoms with Crippen LogP contribution in [0, 0.1) is 5.92 Å². The summed E-state index contributed by atoms with van der Waals surface area (Å²) in [6.45, 7) is 10.6. The standard InChI is InChI=1S/C20H27N3/c1-5-15(4)19(18-12-11-14(3)13-23(18)6-2)20-21-16-9-7-8-10-17(16)22-20/h6,11-13,15H,2,5,7-10H2,1,3-4H3,(H,21,22)/b19-18+. The zero-order chi connectivity index (χ0) is 16.4. The molecule has 2 heterocycles. The first-order chi connectivity index (χ1) is 11.1. The maximum Gasteiger partial charge on any atom is 0.136 e. The summed E-state index contributed by atoms with van der Waals surface area (Å²) in [4.78, 5) is 10.7. The average molecular weight is 309 g/mol. The number of H-pyrrole nitrogens is 1. The van der Waals surface area contributed by atoms with E-state index < -0.39 is 0 Å². The predicted molar refractivity (Wildman–Crippen MR) is 96.5 cm³/mol. The van der Waals surface area contributed by atoms with Gasteiger partial charge in [0.2, 0.25) is 0 Å². The molecular formula is C20H27N3. The summed E-state index contributed by atoms with van der Waals surface area (Å²) in [5.74, 6) is 1.49. The van der Waals surface area contributed by atoms with Gasteiger partial charge in [0.15, 0.2) is 0 Å². The Bertz CT molecular complexity index is 664. The number of imidazole rings is 1. The normalized spacial score (nSPS) is 20.8. The molecule has 1 N–H and O–H groups in total. The van der Waals surface area contributed by atoms with Crippen molar-refractivity contribution in [3.63, 3.8) is 0 Å². The van der Waals surface area contributed by atoms with E-state index in [0.29, 0.717) is 5.92 Å². The Morgan fingerprint density at radius 3 is 2.87 bits per heavy atom. The largest absolute Gasteiger partial charge is 0.342 e. The molecule has 3 nitrogen and oxygen atoms in total. The minimum absolute atomic E-state index is 0.441. The molecule has 0 spiro atoms. The lowest BCUT2D eigenvalue weighted by atomic mass is 9.94. The van der Waals surface area contributed by atoms with Gasteiger partial charge < -0.3 is 9.88 Å². The lowest BCUT2D eigenvalue weighted by Crippen LogP contribution is -2.16. The Hall–Kier alpha value is -2.03. The van der Waals surface area contributed by atoms with Crippen LogP contribution >= 0.6 is 0 Å². The molecule has 3 heteroatoms. The third-order valence-corrected chi connectivity index (χ3v) is 4.91. The van der Waals surface area contributed by atoms with Crippen molar-refractivity contribution in [2.45, 2.75) is 52.9 Å². The van der Waals surface area contributed by atoms with Crippen LogP contribution in [0.4, 0.5) is 0 Å². The molecule has 0 aromatic carbocycles. The highest BCUT2D eigenvalue weighted by Gasteiger charge is 2.23. The second-order valence-corrected chi connectivity index (χ2v) is 6.62. The molecule has 1 aliphatic heterocycles. The summed E-state index contributed by atoms with van der Waals surface area (Å²) in [7, 11) is 0. The molecular weight excluding hydrogens is 282 g/mol. The van der Waals surface area contributed by atoms with Gasteiger partial charge in [-0.05, 0) is 56.6 Å². The van der Waals surface area contributed by atoms with E-state index in [4.69, 9.17) is 4.98 Å². The van der Waals surface area contributed by atoms with E-state index in [1.165, 1.54) is 41.1 Å². The zero-order valence-electron chi connectivity index (χ0n) is 14.5. The fourth-order valence-corrected chi connectivity index (χ4v) is 3.40. The van der Waals surface area contributed by atoms with Gasteiger partial charge in [-0.3, -0.25) is 0 Å². The monoisotopic (exact) mass is 309 g/mol. The maximum atomic E-state index is 4.95. The molecule has 23 heavy (non-hydrogen) atoms. The van der Waals surface area contributed by atoms with Gasteiger partial charge in [0.25, 0.3) is 0 Å². The fraction of sp³-hybridized carbons (Fsp3) is 0.450. The summed E-state index contributed by atoms with van der Waals surface area (Å²) in [6, 6.07) is 0. The van der Waals surface area contributed by atoms with Crippen molar-refractivity contribution in [3.8, 4) is 0 Å². The second-order valence-electron chi connectivity index (χ2n) is 6.62. The Balaban J connectivity index is 2.11. The van der Waals surface area contributed by atoms with Crippen LogP contribution in [0.2, 0.25) is 0 Å². The SMILES string of the molecule is C=CN1C=C(C)C=C/C1=C(\c1nc2c([nH]1)CCCC2)C(C)CC. The number of allylic oxidation sites excluding steroid dienone is 4. The number of rotatable bonds is 4. The lowest BCUT2D eigenvalue weighted by molar-refractivity contribution is 0.618. The molecule has 0 saturated carbocycles. The van der Waals surface area contributed by atoms with Gasteiger partial charge >= 0.3 is 0 Å². The molecule has 0 fully saturated rings. The van der Waals surface area contributed by atoms with E-state index in [2.05, 4.69) is 55.6 Å². The number of aromatic nitrogens is 2. The molecule has 0 amide bonds. The summed E-state index contributed by atoms with van der Waals surface area (Å²) in [5.41, 5.74) is 6.32. The van der Waals surface area contributed by atoms with Gasteiger partial charge in [0.05, 0.1) is 11.4 Å². The van der Waals surface area contributed by atoms with Gasteiger partial charge in [0.1, 0.15) is 5.82 Å². The first-order valence-electron chi connectivity index (χ1n) is 8.73. The third-order valence-electron chi connectivity index (χ3n) is 4.91. The van der Waals surface area contributed by atoms with Crippen LogP contribution in [-0.2, 0) is 12.8 Å². The van der Waals surface area contributed by atoms with Gasteiger partial charge in [-0.2, -0.15) is 0 Å². The van der Waals surface area contributed by atoms with Gasteiger partial charge in [-0.25, -0.2) is 4.98 Å². The highest BCUT2D eigenvalue weighted by Crippen LogP contribution is 2.33. The van der Waals surface area contributed by atoms with Crippen molar-refractivity contribution in [3.05, 3.63) is 59.6 Å². The smallest absolute Gasteiger partial charge is 0.136 e. The lowest BCUT2D eigenvalue weighted by Gasteiger charge is -2.26. The van der Waals surface area contributed by atoms with Crippen LogP contribution in [0.5, 0.6) is 0 Å². The molecule has 0 saturated heterocycles. The molecule has 2 aliphatic rings. The minimum Gasteiger partial charge on any atom is -0.342 e. The van der Waals surface area contributed by atoms with Crippen molar-refractivity contribution in [1.29, 1.82) is 0 Å². The molecule has 1 atom stereocenters. The van der Waals surface area contributed by atoms with E-state index in [1.54, 1.807) is 0 Å². The average Bonchev–Trinajstić information content (AvgIpc) is 2.99. The maximum absolute atomic E-state index is 4.95. The second kappa shape index (κ2) is 6.61. The van der Waals surface area contributed by atoms with Crippen LogP contribution in [0.3, 0.4) is 0 Å². The molecule has 0 bridgehead atoms. The highest BCUT2D eigenvalue weighted by atomic mass is 15.1. The third kappa shape index (κ3) is 3.05. The summed E-state index contributed by atoms with van der Waals surface area (Å²) >= 11 is 0. The van der Waals surface area contributed by atoms with Crippen LogP contribution in [0.1, 0.15) is 57.2 Å². The Morgan fingerprint density at radius 2 is 2.17 bits per heavy atom.